The standard InChI is InChI=1S/C22H26N2O5S/c1-27-10-9-23-20(25)19-14-30-22(15-7-5-4-6-8-15)24(19)21(26)16-11-17(28-2)13-18(12-16)29-3/h4-8,11-13,19,22H,9-10,14H2,1-3H3,(H,23,25). The number of benzene rings is 2. The van der Waals surface area contributed by atoms with E-state index in [0.29, 0.717) is 36.0 Å². The van der Waals surface area contributed by atoms with Gasteiger partial charge in [0.1, 0.15) is 22.9 Å². The SMILES string of the molecule is COCCNC(=O)C1CSC(c2ccccc2)N1C(=O)c1cc(OC)cc(OC)c1. The molecule has 8 heteroatoms. The van der Waals surface area contributed by atoms with Crippen LogP contribution in [0, 0.1) is 0 Å². The molecule has 1 N–H and O–H groups in total. The highest BCUT2D eigenvalue weighted by molar-refractivity contribution is 7.99. The van der Waals surface area contributed by atoms with E-state index >= 15 is 0 Å². The molecule has 7 nitrogen and oxygen atoms in total. The van der Waals surface area contributed by atoms with E-state index in [-0.39, 0.29) is 17.2 Å². The Hall–Kier alpha value is -2.71. The van der Waals surface area contributed by atoms with E-state index in [0.717, 1.165) is 5.56 Å². The average molecular weight is 431 g/mol. The Labute approximate surface area is 180 Å². The van der Waals surface area contributed by atoms with Crippen molar-refractivity contribution in [3.05, 3.63) is 59.7 Å². The van der Waals surface area contributed by atoms with Crippen LogP contribution in [0.5, 0.6) is 11.5 Å². The lowest BCUT2D eigenvalue weighted by atomic mass is 10.1. The second-order valence-electron chi connectivity index (χ2n) is 6.71. The molecule has 1 heterocycles. The van der Waals surface area contributed by atoms with Crippen molar-refractivity contribution in [2.45, 2.75) is 11.4 Å². The third-order valence-corrected chi connectivity index (χ3v) is 6.15. The number of methoxy groups -OCH3 is 3. The molecule has 3 rings (SSSR count). The van der Waals surface area contributed by atoms with Gasteiger partial charge in [0.05, 0.1) is 20.8 Å². The third-order valence-electron chi connectivity index (χ3n) is 4.83. The molecule has 0 saturated carbocycles. The molecule has 0 aliphatic carbocycles. The van der Waals surface area contributed by atoms with Gasteiger partial charge in [-0.1, -0.05) is 30.3 Å². The molecule has 160 valence electrons. The van der Waals surface area contributed by atoms with E-state index in [9.17, 15) is 9.59 Å². The molecule has 2 aromatic carbocycles. The Bertz CT molecular complexity index is 855. The number of rotatable bonds is 8. The monoisotopic (exact) mass is 430 g/mol. The molecule has 1 saturated heterocycles. The largest absolute Gasteiger partial charge is 0.497 e. The molecule has 1 aliphatic heterocycles. The Morgan fingerprint density at radius 2 is 1.73 bits per heavy atom. The van der Waals surface area contributed by atoms with Crippen LogP contribution in [0.2, 0.25) is 0 Å². The van der Waals surface area contributed by atoms with Gasteiger partial charge < -0.3 is 24.4 Å². The summed E-state index contributed by atoms with van der Waals surface area (Å²) in [6.45, 7) is 0.802. The minimum atomic E-state index is -0.596. The Morgan fingerprint density at radius 1 is 1.07 bits per heavy atom. The number of amides is 2. The zero-order valence-corrected chi connectivity index (χ0v) is 18.1. The lowest BCUT2D eigenvalue weighted by Gasteiger charge is -2.29. The quantitative estimate of drug-likeness (QED) is 0.649. The Balaban J connectivity index is 1.95. The summed E-state index contributed by atoms with van der Waals surface area (Å²) in [4.78, 5) is 28.1. The van der Waals surface area contributed by atoms with Crippen molar-refractivity contribution in [3.8, 4) is 11.5 Å². The molecule has 2 unspecified atom stereocenters. The van der Waals surface area contributed by atoms with Crippen LogP contribution < -0.4 is 14.8 Å². The van der Waals surface area contributed by atoms with Crippen molar-refractivity contribution in [1.82, 2.24) is 10.2 Å². The number of hydrogen-bond acceptors (Lipinski definition) is 6. The third kappa shape index (κ3) is 4.88. The molecule has 1 aliphatic rings. The van der Waals surface area contributed by atoms with Crippen molar-refractivity contribution in [2.24, 2.45) is 0 Å². The number of carbonyl (C=O) groups is 2. The van der Waals surface area contributed by atoms with Crippen LogP contribution in [0.3, 0.4) is 0 Å². The second kappa shape index (κ2) is 10.4. The minimum Gasteiger partial charge on any atom is -0.497 e. The highest BCUT2D eigenvalue weighted by Gasteiger charge is 2.42. The number of nitrogens with one attached hydrogen (secondary N) is 1. The van der Waals surface area contributed by atoms with Gasteiger partial charge in [-0.15, -0.1) is 11.8 Å². The normalized spacial score (nSPS) is 18.2. The summed E-state index contributed by atoms with van der Waals surface area (Å²) in [6, 6.07) is 14.2. The number of thioether (sulfide) groups is 1. The van der Waals surface area contributed by atoms with Crippen LogP contribution >= 0.6 is 11.8 Å². The van der Waals surface area contributed by atoms with Gasteiger partial charge in [-0.05, 0) is 17.7 Å². The predicted molar refractivity (Wildman–Crippen MR) is 116 cm³/mol. The van der Waals surface area contributed by atoms with E-state index in [4.69, 9.17) is 14.2 Å². The van der Waals surface area contributed by atoms with Crippen LogP contribution in [-0.2, 0) is 9.53 Å². The smallest absolute Gasteiger partial charge is 0.256 e. The first kappa shape index (κ1) is 22.0. The van der Waals surface area contributed by atoms with Crippen molar-refractivity contribution < 1.29 is 23.8 Å². The van der Waals surface area contributed by atoms with Gasteiger partial charge in [0.2, 0.25) is 5.91 Å². The summed E-state index contributed by atoms with van der Waals surface area (Å²) in [7, 11) is 4.65. The maximum atomic E-state index is 13.6. The Morgan fingerprint density at radius 3 is 2.33 bits per heavy atom. The summed E-state index contributed by atoms with van der Waals surface area (Å²) >= 11 is 1.57. The molecule has 30 heavy (non-hydrogen) atoms. The van der Waals surface area contributed by atoms with Gasteiger partial charge in [0.25, 0.3) is 5.91 Å². The second-order valence-corrected chi connectivity index (χ2v) is 7.82. The van der Waals surface area contributed by atoms with Gasteiger partial charge >= 0.3 is 0 Å². The minimum absolute atomic E-state index is 0.193. The fourth-order valence-electron chi connectivity index (χ4n) is 3.30. The zero-order valence-electron chi connectivity index (χ0n) is 17.3. The van der Waals surface area contributed by atoms with Crippen LogP contribution in [0.15, 0.2) is 48.5 Å². The van der Waals surface area contributed by atoms with Crippen LogP contribution in [-0.4, -0.2) is 63.0 Å². The van der Waals surface area contributed by atoms with Crippen LogP contribution in [0.4, 0.5) is 0 Å². The Kier molecular flexibility index (Phi) is 7.59. The van der Waals surface area contributed by atoms with Gasteiger partial charge in [0, 0.05) is 31.0 Å². The van der Waals surface area contributed by atoms with Crippen LogP contribution in [0.1, 0.15) is 21.3 Å². The molecule has 0 radical (unpaired) electrons. The first-order chi connectivity index (χ1) is 14.6. The fourth-order valence-corrected chi connectivity index (χ4v) is 4.73. The lowest BCUT2D eigenvalue weighted by molar-refractivity contribution is -0.125. The summed E-state index contributed by atoms with van der Waals surface area (Å²) in [5.41, 5.74) is 1.38. The summed E-state index contributed by atoms with van der Waals surface area (Å²) in [5.74, 6) is 1.09. The number of ether oxygens (including phenoxy) is 3. The predicted octanol–water partition coefficient (Wildman–Crippen LogP) is 2.72. The summed E-state index contributed by atoms with van der Waals surface area (Å²) < 4.78 is 15.6. The molecular formula is C22H26N2O5S. The molecule has 2 aromatic rings. The highest BCUT2D eigenvalue weighted by atomic mass is 32.2. The number of nitrogens with zero attached hydrogens (tertiary/aromatic N) is 1. The van der Waals surface area contributed by atoms with Crippen molar-refractivity contribution >= 4 is 23.6 Å². The summed E-state index contributed by atoms with van der Waals surface area (Å²) in [6.07, 6.45) is 0. The van der Waals surface area contributed by atoms with Crippen LogP contribution in [0.25, 0.3) is 0 Å². The molecule has 1 fully saturated rings. The van der Waals surface area contributed by atoms with E-state index in [1.54, 1.807) is 42.0 Å². The van der Waals surface area contributed by atoms with Crippen molar-refractivity contribution in [1.29, 1.82) is 0 Å². The van der Waals surface area contributed by atoms with Crippen molar-refractivity contribution in [2.75, 3.05) is 40.2 Å². The first-order valence-corrected chi connectivity index (χ1v) is 10.6. The maximum Gasteiger partial charge on any atom is 0.256 e. The first-order valence-electron chi connectivity index (χ1n) is 9.58. The average Bonchev–Trinajstić information content (AvgIpc) is 3.24. The van der Waals surface area contributed by atoms with Gasteiger partial charge in [-0.3, -0.25) is 9.59 Å². The van der Waals surface area contributed by atoms with E-state index < -0.39 is 6.04 Å². The molecule has 2 amide bonds. The van der Waals surface area contributed by atoms with Crippen molar-refractivity contribution in [3.63, 3.8) is 0 Å². The fraction of sp³-hybridized carbons (Fsp3) is 0.364. The van der Waals surface area contributed by atoms with E-state index in [2.05, 4.69) is 5.32 Å². The maximum absolute atomic E-state index is 13.6. The molecule has 0 aromatic heterocycles. The van der Waals surface area contributed by atoms with E-state index in [1.165, 1.54) is 14.2 Å². The van der Waals surface area contributed by atoms with Gasteiger partial charge in [0.15, 0.2) is 0 Å². The highest BCUT2D eigenvalue weighted by Crippen LogP contribution is 2.42. The summed E-state index contributed by atoms with van der Waals surface area (Å²) in [5, 5.41) is 2.59. The lowest BCUT2D eigenvalue weighted by Crippen LogP contribution is -2.48. The number of carbonyl (C=O) groups excluding carboxylic acids is 2. The molecular weight excluding hydrogens is 404 g/mol. The van der Waals surface area contributed by atoms with E-state index in [1.807, 2.05) is 30.3 Å². The van der Waals surface area contributed by atoms with Gasteiger partial charge in [-0.25, -0.2) is 0 Å². The zero-order chi connectivity index (χ0) is 21.5. The number of hydrogen-bond donors (Lipinski definition) is 1. The van der Waals surface area contributed by atoms with Gasteiger partial charge in [-0.2, -0.15) is 0 Å². The topological polar surface area (TPSA) is 77.1 Å². The molecule has 2 atom stereocenters. The molecule has 0 spiro atoms. The molecule has 0 bridgehead atoms.